The predicted octanol–water partition coefficient (Wildman–Crippen LogP) is 4.75. The molecule has 6 nitrogen and oxygen atoms in total. The molecule has 3 rings (SSSR count). The molecule has 0 aliphatic rings. The molecule has 3 aromatic rings. The molecule has 0 saturated heterocycles. The third-order valence-corrected chi connectivity index (χ3v) is 4.08. The van der Waals surface area contributed by atoms with Crippen LogP contribution in [-0.4, -0.2) is 25.1 Å². The fraction of sp³-hybridized carbons (Fsp3) is 0.100. The molecule has 0 unspecified atom stereocenters. The second-order valence-electron chi connectivity index (χ2n) is 5.59. The van der Waals surface area contributed by atoms with Crippen LogP contribution in [0.25, 0.3) is 0 Å². The first-order valence-corrected chi connectivity index (χ1v) is 8.49. The van der Waals surface area contributed by atoms with E-state index in [1.54, 1.807) is 43.6 Å². The van der Waals surface area contributed by atoms with Gasteiger partial charge in [0.05, 0.1) is 31.1 Å². The van der Waals surface area contributed by atoms with E-state index < -0.39 is 0 Å². The average Bonchev–Trinajstić information content (AvgIpc) is 2.69. The average molecular weight is 384 g/mol. The summed E-state index contributed by atoms with van der Waals surface area (Å²) in [5.74, 6) is 0.998. The number of pyridine rings is 1. The second-order valence-corrected chi connectivity index (χ2v) is 6.00. The van der Waals surface area contributed by atoms with E-state index in [1.165, 1.54) is 7.11 Å². The van der Waals surface area contributed by atoms with Crippen molar-refractivity contribution in [3.05, 3.63) is 71.5 Å². The Morgan fingerprint density at radius 3 is 2.22 bits per heavy atom. The van der Waals surface area contributed by atoms with Crippen LogP contribution in [0, 0.1) is 0 Å². The van der Waals surface area contributed by atoms with Crippen LogP contribution >= 0.6 is 11.6 Å². The molecule has 0 saturated carbocycles. The number of carbonyl (C=O) groups is 1. The number of nitrogens with one attached hydrogen (secondary N) is 2. The molecule has 27 heavy (non-hydrogen) atoms. The zero-order chi connectivity index (χ0) is 19.2. The summed E-state index contributed by atoms with van der Waals surface area (Å²) >= 11 is 6.07. The summed E-state index contributed by atoms with van der Waals surface area (Å²) < 4.78 is 10.2. The van der Waals surface area contributed by atoms with Gasteiger partial charge < -0.3 is 20.1 Å². The highest BCUT2D eigenvalue weighted by molar-refractivity contribution is 6.32. The maximum Gasteiger partial charge on any atom is 0.274 e. The van der Waals surface area contributed by atoms with Gasteiger partial charge in [-0.1, -0.05) is 11.6 Å². The lowest BCUT2D eigenvalue weighted by Crippen LogP contribution is -2.13. The quantitative estimate of drug-likeness (QED) is 0.642. The third kappa shape index (κ3) is 4.68. The molecule has 7 heteroatoms. The number of hydrogen-bond acceptors (Lipinski definition) is 5. The van der Waals surface area contributed by atoms with Crippen molar-refractivity contribution in [1.82, 2.24) is 4.98 Å². The van der Waals surface area contributed by atoms with Crippen LogP contribution < -0.4 is 20.1 Å². The van der Waals surface area contributed by atoms with Crippen molar-refractivity contribution in [2.75, 3.05) is 24.9 Å². The SMILES string of the molecule is COc1ccc(Nc2ccc(C(=O)Nc3ccc(OC)c(Cl)c3)nc2)cc1. The van der Waals surface area contributed by atoms with Crippen LogP contribution in [0.3, 0.4) is 0 Å². The number of benzene rings is 2. The Balaban J connectivity index is 1.65. The molecule has 0 spiro atoms. The molecule has 0 radical (unpaired) electrons. The summed E-state index contributed by atoms with van der Waals surface area (Å²) in [6.45, 7) is 0. The van der Waals surface area contributed by atoms with Crippen molar-refractivity contribution in [2.45, 2.75) is 0 Å². The smallest absolute Gasteiger partial charge is 0.274 e. The van der Waals surface area contributed by atoms with E-state index in [4.69, 9.17) is 21.1 Å². The zero-order valence-electron chi connectivity index (χ0n) is 14.8. The van der Waals surface area contributed by atoms with Gasteiger partial charge in [-0.15, -0.1) is 0 Å². The molecule has 2 aromatic carbocycles. The Kier molecular flexibility index (Phi) is 5.78. The molecule has 0 aliphatic heterocycles. The molecule has 138 valence electrons. The Morgan fingerprint density at radius 2 is 1.63 bits per heavy atom. The van der Waals surface area contributed by atoms with E-state index in [2.05, 4.69) is 15.6 Å². The minimum atomic E-state index is -0.327. The van der Waals surface area contributed by atoms with Gasteiger partial charge in [-0.05, 0) is 54.6 Å². The lowest BCUT2D eigenvalue weighted by atomic mass is 10.2. The van der Waals surface area contributed by atoms with E-state index in [0.717, 1.165) is 17.1 Å². The zero-order valence-corrected chi connectivity index (χ0v) is 15.6. The molecule has 0 bridgehead atoms. The number of aromatic nitrogens is 1. The van der Waals surface area contributed by atoms with Gasteiger partial charge in [-0.2, -0.15) is 0 Å². The molecular weight excluding hydrogens is 366 g/mol. The summed E-state index contributed by atoms with van der Waals surface area (Å²) in [7, 11) is 3.15. The highest BCUT2D eigenvalue weighted by Crippen LogP contribution is 2.27. The van der Waals surface area contributed by atoms with E-state index >= 15 is 0 Å². The van der Waals surface area contributed by atoms with Gasteiger partial charge in [-0.3, -0.25) is 4.79 Å². The van der Waals surface area contributed by atoms with E-state index in [9.17, 15) is 4.79 Å². The van der Waals surface area contributed by atoms with Crippen molar-refractivity contribution in [2.24, 2.45) is 0 Å². The maximum atomic E-state index is 12.3. The summed E-state index contributed by atoms with van der Waals surface area (Å²) in [6, 6.07) is 16.0. The van der Waals surface area contributed by atoms with Crippen LogP contribution in [-0.2, 0) is 0 Å². The molecular formula is C20H18ClN3O3. The number of halogens is 1. The van der Waals surface area contributed by atoms with Gasteiger partial charge in [0.2, 0.25) is 0 Å². The molecule has 0 aliphatic carbocycles. The first-order chi connectivity index (χ1) is 13.1. The molecule has 0 fully saturated rings. The molecule has 1 heterocycles. The van der Waals surface area contributed by atoms with Crippen LogP contribution in [0.15, 0.2) is 60.8 Å². The fourth-order valence-electron chi connectivity index (χ4n) is 2.38. The lowest BCUT2D eigenvalue weighted by molar-refractivity contribution is 0.102. The van der Waals surface area contributed by atoms with Gasteiger partial charge in [0.15, 0.2) is 0 Å². The first-order valence-electron chi connectivity index (χ1n) is 8.11. The van der Waals surface area contributed by atoms with E-state index in [0.29, 0.717) is 22.2 Å². The van der Waals surface area contributed by atoms with E-state index in [1.807, 2.05) is 24.3 Å². The predicted molar refractivity (Wildman–Crippen MR) is 106 cm³/mol. The van der Waals surface area contributed by atoms with Crippen molar-refractivity contribution >= 4 is 34.6 Å². The van der Waals surface area contributed by atoms with Gasteiger partial charge >= 0.3 is 0 Å². The van der Waals surface area contributed by atoms with Crippen molar-refractivity contribution in [1.29, 1.82) is 0 Å². The van der Waals surface area contributed by atoms with Crippen LogP contribution in [0.1, 0.15) is 10.5 Å². The topological polar surface area (TPSA) is 72.5 Å². The van der Waals surface area contributed by atoms with Gasteiger partial charge in [0.1, 0.15) is 17.2 Å². The second kappa shape index (κ2) is 8.42. The molecule has 0 atom stereocenters. The molecule has 2 N–H and O–H groups in total. The van der Waals surface area contributed by atoms with Gasteiger partial charge in [-0.25, -0.2) is 4.98 Å². The van der Waals surface area contributed by atoms with Gasteiger partial charge in [0.25, 0.3) is 5.91 Å². The van der Waals surface area contributed by atoms with Crippen molar-refractivity contribution in [3.63, 3.8) is 0 Å². The lowest BCUT2D eigenvalue weighted by Gasteiger charge is -2.09. The highest BCUT2D eigenvalue weighted by Gasteiger charge is 2.09. The minimum Gasteiger partial charge on any atom is -0.497 e. The number of amides is 1. The Labute approximate surface area is 162 Å². The Hall–Kier alpha value is -3.25. The van der Waals surface area contributed by atoms with Crippen LogP contribution in [0.4, 0.5) is 17.1 Å². The normalized spacial score (nSPS) is 10.2. The summed E-state index contributed by atoms with van der Waals surface area (Å²) in [5.41, 5.74) is 2.52. The number of methoxy groups -OCH3 is 2. The van der Waals surface area contributed by atoms with Crippen molar-refractivity contribution in [3.8, 4) is 11.5 Å². The van der Waals surface area contributed by atoms with E-state index in [-0.39, 0.29) is 5.91 Å². The number of ether oxygens (including phenoxy) is 2. The number of nitrogens with zero attached hydrogens (tertiary/aromatic N) is 1. The third-order valence-electron chi connectivity index (χ3n) is 3.78. The summed E-state index contributed by atoms with van der Waals surface area (Å²) in [4.78, 5) is 16.5. The van der Waals surface area contributed by atoms with Crippen molar-refractivity contribution < 1.29 is 14.3 Å². The monoisotopic (exact) mass is 383 g/mol. The first kappa shape index (κ1) is 18.5. The number of hydrogen-bond donors (Lipinski definition) is 2. The maximum absolute atomic E-state index is 12.3. The van der Waals surface area contributed by atoms with Crippen LogP contribution in [0.5, 0.6) is 11.5 Å². The Bertz CT molecular complexity index is 928. The number of anilines is 3. The Morgan fingerprint density at radius 1 is 0.926 bits per heavy atom. The van der Waals surface area contributed by atoms with Crippen LogP contribution in [0.2, 0.25) is 5.02 Å². The molecule has 1 aromatic heterocycles. The highest BCUT2D eigenvalue weighted by atomic mass is 35.5. The summed E-state index contributed by atoms with van der Waals surface area (Å²) in [5, 5.41) is 6.39. The number of carbonyl (C=O) groups excluding carboxylic acids is 1. The molecule has 1 amide bonds. The standard InChI is InChI=1S/C20H18ClN3O3/c1-26-16-7-3-13(4-8-16)23-15-5-9-18(22-12-15)20(25)24-14-6-10-19(27-2)17(21)11-14/h3-12,23H,1-2H3,(H,24,25). The fourth-order valence-corrected chi connectivity index (χ4v) is 2.64. The minimum absolute atomic E-state index is 0.294. The summed E-state index contributed by atoms with van der Waals surface area (Å²) in [6.07, 6.45) is 1.60. The largest absolute Gasteiger partial charge is 0.497 e. The van der Waals surface area contributed by atoms with Gasteiger partial charge in [0, 0.05) is 11.4 Å². The number of rotatable bonds is 6.